The van der Waals surface area contributed by atoms with Crippen molar-refractivity contribution >= 4 is 75.8 Å². The van der Waals surface area contributed by atoms with E-state index in [1.807, 2.05) is 84.9 Å². The third kappa shape index (κ3) is 4.28. The average Bonchev–Trinajstić information content (AvgIpc) is 3.66. The van der Waals surface area contributed by atoms with Crippen molar-refractivity contribution in [2.45, 2.75) is 0 Å². The topological polar surface area (TPSA) is 13.1 Å². The van der Waals surface area contributed by atoms with E-state index >= 15 is 0 Å². The molecule has 0 aliphatic rings. The van der Waals surface area contributed by atoms with E-state index < -0.39 is 24.2 Å². The Morgan fingerprint density at radius 1 is 0.333 bits per heavy atom. The van der Waals surface area contributed by atoms with Crippen molar-refractivity contribution in [1.82, 2.24) is 0 Å². The van der Waals surface area contributed by atoms with Gasteiger partial charge < -0.3 is 4.42 Å². The molecule has 236 valence electrons. The number of furan rings is 1. The molecule has 0 atom stereocenters. The second kappa shape index (κ2) is 10.9. The SMILES string of the molecule is [2H]c1c([2H])c([2H])c2c(-c3ccc4oc5ccc6ccccc6c5c4c3)c3c([2H])c([2H])c([2H])c([2H])c3c(-c3cccc(-c4ccc5c(ccc6ccccc65)c4)c3)c2c1[2H]. The molecule has 1 nitrogen and oxygen atoms in total. The van der Waals surface area contributed by atoms with E-state index in [9.17, 15) is 5.48 Å². The predicted octanol–water partition coefficient (Wildman–Crippen LogP) is 14.4. The molecule has 0 N–H and O–H groups in total. The fourth-order valence-corrected chi connectivity index (χ4v) is 7.95. The van der Waals surface area contributed by atoms with Crippen LogP contribution in [-0.4, -0.2) is 0 Å². The molecule has 0 saturated carbocycles. The summed E-state index contributed by atoms with van der Waals surface area (Å²) in [6, 6.07) is 40.9. The Balaban J connectivity index is 1.25. The standard InChI is InChI=1S/C50H30O/c1-3-14-38-31(10-1)20-21-35-28-34(22-25-39(35)38)33-12-9-13-36(29-33)48-41-16-5-7-18-43(41)49(44-19-8-6-17-42(44)48)37-24-26-46-45(30-37)50-40-15-4-2-11-32(40)23-27-47(50)51-46/h1-30H/i5D,6D,7D,8D,16D,17D,18D,19D. The van der Waals surface area contributed by atoms with Gasteiger partial charge in [0.1, 0.15) is 11.2 Å². The van der Waals surface area contributed by atoms with Gasteiger partial charge in [-0.25, -0.2) is 0 Å². The zero-order valence-electron chi connectivity index (χ0n) is 35.1. The Morgan fingerprint density at radius 2 is 0.863 bits per heavy atom. The van der Waals surface area contributed by atoms with Crippen LogP contribution in [0.2, 0.25) is 0 Å². The van der Waals surface area contributed by atoms with Crippen LogP contribution >= 0.6 is 0 Å². The first-order valence-electron chi connectivity index (χ1n) is 20.9. The summed E-state index contributed by atoms with van der Waals surface area (Å²) in [5.41, 5.74) is 4.77. The second-order valence-corrected chi connectivity index (χ2v) is 13.0. The molecule has 1 aromatic heterocycles. The molecule has 0 saturated heterocycles. The zero-order chi connectivity index (χ0) is 40.4. The van der Waals surface area contributed by atoms with E-state index in [4.69, 9.17) is 9.90 Å². The van der Waals surface area contributed by atoms with Gasteiger partial charge in [-0.2, -0.15) is 0 Å². The Bertz CT molecular complexity index is 3580. The maximum absolute atomic E-state index is 9.45. The maximum Gasteiger partial charge on any atom is 0.136 e. The lowest BCUT2D eigenvalue weighted by molar-refractivity contribution is 0.669. The molecule has 0 amide bonds. The van der Waals surface area contributed by atoms with Crippen molar-refractivity contribution in [3.05, 3.63) is 182 Å². The van der Waals surface area contributed by atoms with Crippen LogP contribution in [0.5, 0.6) is 0 Å². The normalized spacial score (nSPS) is 14.1. The van der Waals surface area contributed by atoms with Crippen LogP contribution in [-0.2, 0) is 0 Å². The molecule has 0 aliphatic carbocycles. The van der Waals surface area contributed by atoms with Gasteiger partial charge in [0, 0.05) is 10.8 Å². The summed E-state index contributed by atoms with van der Waals surface area (Å²) in [6.45, 7) is 0. The minimum absolute atomic E-state index is 0.170. The van der Waals surface area contributed by atoms with Gasteiger partial charge in [0.2, 0.25) is 0 Å². The molecule has 1 heteroatoms. The van der Waals surface area contributed by atoms with Gasteiger partial charge in [-0.05, 0) is 118 Å². The fourth-order valence-electron chi connectivity index (χ4n) is 7.95. The monoisotopic (exact) mass is 654 g/mol. The van der Waals surface area contributed by atoms with Crippen LogP contribution in [0.4, 0.5) is 0 Å². The van der Waals surface area contributed by atoms with Gasteiger partial charge in [-0.3, -0.25) is 0 Å². The van der Waals surface area contributed by atoms with Crippen molar-refractivity contribution in [2.24, 2.45) is 0 Å². The Kier molecular flexibility index (Phi) is 4.57. The van der Waals surface area contributed by atoms with Crippen molar-refractivity contribution in [3.8, 4) is 33.4 Å². The first-order valence-corrected chi connectivity index (χ1v) is 16.9. The van der Waals surface area contributed by atoms with Crippen LogP contribution in [0, 0.1) is 0 Å². The fraction of sp³-hybridized carbons (Fsp3) is 0. The molecular weight excluding hydrogens is 617 g/mol. The van der Waals surface area contributed by atoms with E-state index in [0.29, 0.717) is 33.4 Å². The summed E-state index contributed by atoms with van der Waals surface area (Å²) < 4.78 is 79.7. The largest absolute Gasteiger partial charge is 0.456 e. The molecule has 1 heterocycles. The van der Waals surface area contributed by atoms with Gasteiger partial charge in [0.05, 0.1) is 11.0 Å². The smallest absolute Gasteiger partial charge is 0.136 e. The molecule has 0 unspecified atom stereocenters. The molecule has 0 aliphatic heterocycles. The molecule has 0 fully saturated rings. The predicted molar refractivity (Wildman–Crippen MR) is 218 cm³/mol. The van der Waals surface area contributed by atoms with E-state index in [1.54, 1.807) is 6.07 Å². The van der Waals surface area contributed by atoms with Gasteiger partial charge in [0.25, 0.3) is 0 Å². The first kappa shape index (κ1) is 21.4. The Hall–Kier alpha value is -6.70. The summed E-state index contributed by atoms with van der Waals surface area (Å²) in [7, 11) is 0. The number of fused-ring (bicyclic) bond motifs is 10. The minimum atomic E-state index is -0.437. The van der Waals surface area contributed by atoms with Crippen LogP contribution < -0.4 is 0 Å². The highest BCUT2D eigenvalue weighted by molar-refractivity contribution is 6.24. The maximum atomic E-state index is 9.45. The van der Waals surface area contributed by atoms with E-state index in [-0.39, 0.29) is 45.7 Å². The highest BCUT2D eigenvalue weighted by atomic mass is 16.3. The quantitative estimate of drug-likeness (QED) is 0.136. The lowest BCUT2D eigenvalue weighted by Gasteiger charge is -2.18. The highest BCUT2D eigenvalue weighted by Crippen LogP contribution is 2.46. The molecule has 11 rings (SSSR count). The van der Waals surface area contributed by atoms with Crippen molar-refractivity contribution < 1.29 is 15.4 Å². The average molecular weight is 655 g/mol. The molecule has 0 spiro atoms. The summed E-state index contributed by atoms with van der Waals surface area (Å²) in [6.07, 6.45) is 0. The van der Waals surface area contributed by atoms with E-state index in [0.717, 1.165) is 54.2 Å². The molecular formula is C50H30O. The van der Waals surface area contributed by atoms with Crippen LogP contribution in [0.15, 0.2) is 186 Å². The highest BCUT2D eigenvalue weighted by Gasteiger charge is 2.19. The van der Waals surface area contributed by atoms with Gasteiger partial charge in [0.15, 0.2) is 0 Å². The molecule has 11 aromatic rings. The number of hydrogen-bond donors (Lipinski definition) is 0. The molecule has 0 radical (unpaired) electrons. The van der Waals surface area contributed by atoms with Gasteiger partial charge in [-0.15, -0.1) is 0 Å². The van der Waals surface area contributed by atoms with Gasteiger partial charge in [-0.1, -0.05) is 151 Å². The second-order valence-electron chi connectivity index (χ2n) is 13.0. The minimum Gasteiger partial charge on any atom is -0.456 e. The van der Waals surface area contributed by atoms with Crippen molar-refractivity contribution in [3.63, 3.8) is 0 Å². The molecule has 0 bridgehead atoms. The summed E-state index contributed by atoms with van der Waals surface area (Å²) >= 11 is 0. The number of benzene rings is 10. The molecule has 10 aromatic carbocycles. The zero-order valence-corrected chi connectivity index (χ0v) is 27.1. The van der Waals surface area contributed by atoms with Crippen LogP contribution in [0.25, 0.3) is 109 Å². The third-order valence-corrected chi connectivity index (χ3v) is 10.3. The number of rotatable bonds is 3. The lowest BCUT2D eigenvalue weighted by atomic mass is 9.85. The first-order chi connectivity index (χ1) is 28.6. The van der Waals surface area contributed by atoms with Crippen LogP contribution in [0.1, 0.15) is 11.0 Å². The third-order valence-electron chi connectivity index (χ3n) is 10.3. The summed E-state index contributed by atoms with van der Waals surface area (Å²) in [5, 5.41) is 8.84. The molecule has 51 heavy (non-hydrogen) atoms. The Morgan fingerprint density at radius 3 is 1.61 bits per heavy atom. The summed E-state index contributed by atoms with van der Waals surface area (Å²) in [5.74, 6) is 0. The van der Waals surface area contributed by atoms with E-state index in [1.165, 1.54) is 0 Å². The van der Waals surface area contributed by atoms with Crippen molar-refractivity contribution in [1.29, 1.82) is 0 Å². The van der Waals surface area contributed by atoms with Crippen LogP contribution in [0.3, 0.4) is 0 Å². The lowest BCUT2D eigenvalue weighted by Crippen LogP contribution is -1.91. The van der Waals surface area contributed by atoms with E-state index in [2.05, 4.69) is 42.5 Å². The number of hydrogen-bond acceptors (Lipinski definition) is 1. The van der Waals surface area contributed by atoms with Crippen molar-refractivity contribution in [2.75, 3.05) is 0 Å². The van der Waals surface area contributed by atoms with Gasteiger partial charge >= 0.3 is 0 Å². The summed E-state index contributed by atoms with van der Waals surface area (Å²) in [4.78, 5) is 0. The Labute approximate surface area is 305 Å².